The van der Waals surface area contributed by atoms with E-state index in [4.69, 9.17) is 9.15 Å². The van der Waals surface area contributed by atoms with Crippen molar-refractivity contribution in [2.75, 3.05) is 12.4 Å². The van der Waals surface area contributed by atoms with Crippen LogP contribution in [0.3, 0.4) is 0 Å². The maximum atomic E-state index is 12.6. The Hall–Kier alpha value is -3.34. The minimum absolute atomic E-state index is 0.294. The summed E-state index contributed by atoms with van der Waals surface area (Å²) in [6.45, 7) is 1.73. The van der Waals surface area contributed by atoms with Gasteiger partial charge in [-0.2, -0.15) is 0 Å². The molecule has 1 amide bonds. The highest BCUT2D eigenvalue weighted by Gasteiger charge is 2.19. The Morgan fingerprint density at radius 3 is 2.36 bits per heavy atom. The lowest BCUT2D eigenvalue weighted by molar-refractivity contribution is 0.0602. The molecule has 0 aliphatic heterocycles. The Morgan fingerprint density at radius 2 is 1.64 bits per heavy atom. The van der Waals surface area contributed by atoms with Crippen molar-refractivity contribution in [3.05, 3.63) is 77.6 Å². The van der Waals surface area contributed by atoms with Gasteiger partial charge in [-0.1, -0.05) is 42.5 Å². The number of anilines is 1. The molecular weight excluding hydrogens is 318 g/mol. The van der Waals surface area contributed by atoms with Crippen molar-refractivity contribution < 1.29 is 18.7 Å². The van der Waals surface area contributed by atoms with Crippen LogP contribution in [0.2, 0.25) is 0 Å². The largest absolute Gasteiger partial charge is 0.465 e. The minimum atomic E-state index is -0.509. The molecule has 0 spiro atoms. The lowest BCUT2D eigenvalue weighted by Gasteiger charge is -2.08. The molecule has 0 aliphatic rings. The molecule has 1 heterocycles. The summed E-state index contributed by atoms with van der Waals surface area (Å²) in [7, 11) is 1.30. The lowest BCUT2D eigenvalue weighted by Crippen LogP contribution is -2.15. The van der Waals surface area contributed by atoms with E-state index < -0.39 is 5.97 Å². The number of hydrogen-bond donors (Lipinski definition) is 1. The van der Waals surface area contributed by atoms with E-state index in [9.17, 15) is 9.59 Å². The summed E-state index contributed by atoms with van der Waals surface area (Å²) in [5.41, 5.74) is 1.99. The molecule has 0 atom stereocenters. The molecule has 0 aliphatic carbocycles. The quantitative estimate of drug-likeness (QED) is 0.722. The SMILES string of the molecule is COC(=O)c1ccccc1NC(=O)c1cc(-c2ccccc2)oc1C. The molecule has 0 radical (unpaired) electrons. The molecule has 0 bridgehead atoms. The number of nitrogens with one attached hydrogen (secondary N) is 1. The number of hydrogen-bond acceptors (Lipinski definition) is 4. The average Bonchev–Trinajstić information content (AvgIpc) is 3.04. The standard InChI is InChI=1S/C20H17NO4/c1-13-16(12-18(25-13)14-8-4-3-5-9-14)19(22)21-17-11-7-6-10-15(17)20(23)24-2/h3-12H,1-2H3,(H,21,22). The zero-order valence-electron chi connectivity index (χ0n) is 13.9. The highest BCUT2D eigenvalue weighted by atomic mass is 16.5. The molecule has 3 rings (SSSR count). The van der Waals surface area contributed by atoms with E-state index >= 15 is 0 Å². The first kappa shape index (κ1) is 16.5. The smallest absolute Gasteiger partial charge is 0.339 e. The van der Waals surface area contributed by atoms with Crippen molar-refractivity contribution >= 4 is 17.6 Å². The number of methoxy groups -OCH3 is 1. The minimum Gasteiger partial charge on any atom is -0.465 e. The number of para-hydroxylation sites is 1. The number of rotatable bonds is 4. The number of benzene rings is 2. The van der Waals surface area contributed by atoms with Crippen LogP contribution in [-0.4, -0.2) is 19.0 Å². The maximum Gasteiger partial charge on any atom is 0.339 e. The lowest BCUT2D eigenvalue weighted by atomic mass is 10.1. The summed E-state index contributed by atoms with van der Waals surface area (Å²) in [4.78, 5) is 24.4. The van der Waals surface area contributed by atoms with Crippen LogP contribution in [0.25, 0.3) is 11.3 Å². The molecule has 5 nitrogen and oxygen atoms in total. The Balaban J connectivity index is 1.88. The number of furan rings is 1. The Labute approximate surface area is 145 Å². The van der Waals surface area contributed by atoms with E-state index in [2.05, 4.69) is 5.32 Å². The van der Waals surface area contributed by atoms with Crippen molar-refractivity contribution in [3.63, 3.8) is 0 Å². The van der Waals surface area contributed by atoms with Crippen LogP contribution in [0.5, 0.6) is 0 Å². The molecule has 0 saturated heterocycles. The van der Waals surface area contributed by atoms with E-state index in [0.717, 1.165) is 5.56 Å². The van der Waals surface area contributed by atoms with Gasteiger partial charge >= 0.3 is 5.97 Å². The first-order valence-corrected chi connectivity index (χ1v) is 7.74. The van der Waals surface area contributed by atoms with Gasteiger partial charge in [0.1, 0.15) is 11.5 Å². The topological polar surface area (TPSA) is 68.5 Å². The number of amides is 1. The molecule has 0 saturated carbocycles. The zero-order chi connectivity index (χ0) is 17.8. The summed E-state index contributed by atoms with van der Waals surface area (Å²) in [6, 6.07) is 17.9. The Kier molecular flexibility index (Phi) is 4.66. The summed E-state index contributed by atoms with van der Waals surface area (Å²) < 4.78 is 10.4. The molecule has 25 heavy (non-hydrogen) atoms. The predicted molar refractivity (Wildman–Crippen MR) is 94.6 cm³/mol. The molecular formula is C20H17NO4. The molecule has 2 aromatic carbocycles. The molecule has 0 unspecified atom stereocenters. The van der Waals surface area contributed by atoms with Crippen molar-refractivity contribution in [1.82, 2.24) is 0 Å². The Morgan fingerprint density at radius 1 is 0.960 bits per heavy atom. The van der Waals surface area contributed by atoms with Crippen LogP contribution < -0.4 is 5.32 Å². The third-order valence-corrected chi connectivity index (χ3v) is 3.80. The van der Waals surface area contributed by atoms with Crippen molar-refractivity contribution in [2.45, 2.75) is 6.92 Å². The zero-order valence-corrected chi connectivity index (χ0v) is 13.9. The number of carbonyl (C=O) groups excluding carboxylic acids is 2. The van der Waals surface area contributed by atoms with Gasteiger partial charge in [-0.05, 0) is 25.1 Å². The van der Waals surface area contributed by atoms with Gasteiger partial charge in [0.15, 0.2) is 0 Å². The van der Waals surface area contributed by atoms with Gasteiger partial charge in [0.05, 0.1) is 23.9 Å². The summed E-state index contributed by atoms with van der Waals surface area (Å²) >= 11 is 0. The molecule has 1 N–H and O–H groups in total. The summed E-state index contributed by atoms with van der Waals surface area (Å²) in [5, 5.41) is 2.75. The normalized spacial score (nSPS) is 10.3. The third-order valence-electron chi connectivity index (χ3n) is 3.80. The number of carbonyl (C=O) groups is 2. The van der Waals surface area contributed by atoms with Crippen LogP contribution in [0, 0.1) is 6.92 Å². The van der Waals surface area contributed by atoms with Gasteiger partial charge in [0.25, 0.3) is 5.91 Å². The fourth-order valence-electron chi connectivity index (χ4n) is 2.52. The third kappa shape index (κ3) is 3.45. The van der Waals surface area contributed by atoms with E-state index in [0.29, 0.717) is 28.3 Å². The van der Waals surface area contributed by atoms with Gasteiger partial charge in [-0.3, -0.25) is 4.79 Å². The van der Waals surface area contributed by atoms with Gasteiger partial charge < -0.3 is 14.5 Å². The van der Waals surface area contributed by atoms with Gasteiger partial charge in [0.2, 0.25) is 0 Å². The fraction of sp³-hybridized carbons (Fsp3) is 0.100. The van der Waals surface area contributed by atoms with Crippen LogP contribution in [0.15, 0.2) is 65.1 Å². The van der Waals surface area contributed by atoms with E-state index in [1.54, 1.807) is 37.3 Å². The second-order valence-electron chi connectivity index (χ2n) is 5.44. The number of aryl methyl sites for hydroxylation is 1. The molecule has 0 fully saturated rings. The second-order valence-corrected chi connectivity index (χ2v) is 5.44. The van der Waals surface area contributed by atoms with Crippen LogP contribution >= 0.6 is 0 Å². The van der Waals surface area contributed by atoms with Gasteiger partial charge in [-0.15, -0.1) is 0 Å². The average molecular weight is 335 g/mol. The number of esters is 1. The maximum absolute atomic E-state index is 12.6. The Bertz CT molecular complexity index is 912. The monoisotopic (exact) mass is 335 g/mol. The van der Waals surface area contributed by atoms with Gasteiger partial charge in [0, 0.05) is 5.56 Å². The van der Waals surface area contributed by atoms with Crippen LogP contribution in [0.4, 0.5) is 5.69 Å². The highest BCUT2D eigenvalue weighted by Crippen LogP contribution is 2.26. The molecule has 5 heteroatoms. The van der Waals surface area contributed by atoms with Crippen molar-refractivity contribution in [1.29, 1.82) is 0 Å². The first-order valence-electron chi connectivity index (χ1n) is 7.74. The first-order chi connectivity index (χ1) is 12.1. The number of ether oxygens (including phenoxy) is 1. The molecule has 126 valence electrons. The van der Waals surface area contributed by atoms with E-state index in [1.165, 1.54) is 7.11 Å². The predicted octanol–water partition coefficient (Wildman–Crippen LogP) is 4.29. The van der Waals surface area contributed by atoms with Gasteiger partial charge in [-0.25, -0.2) is 4.79 Å². The molecule has 3 aromatic rings. The molecule has 1 aromatic heterocycles. The van der Waals surface area contributed by atoms with E-state index in [1.807, 2.05) is 30.3 Å². The van der Waals surface area contributed by atoms with E-state index in [-0.39, 0.29) is 5.91 Å². The highest BCUT2D eigenvalue weighted by molar-refractivity contribution is 6.08. The van der Waals surface area contributed by atoms with Crippen LogP contribution in [-0.2, 0) is 4.74 Å². The van der Waals surface area contributed by atoms with Crippen molar-refractivity contribution in [2.24, 2.45) is 0 Å². The second kappa shape index (κ2) is 7.05. The fourth-order valence-corrected chi connectivity index (χ4v) is 2.52. The summed E-state index contributed by atoms with van der Waals surface area (Å²) in [6.07, 6.45) is 0. The summed E-state index contributed by atoms with van der Waals surface area (Å²) in [5.74, 6) is 0.265. The van der Waals surface area contributed by atoms with Crippen LogP contribution in [0.1, 0.15) is 26.5 Å². The van der Waals surface area contributed by atoms with Crippen molar-refractivity contribution in [3.8, 4) is 11.3 Å².